The summed E-state index contributed by atoms with van der Waals surface area (Å²) in [5.41, 5.74) is 3.15. The maximum atomic E-state index is 10.5. The third-order valence-electron chi connectivity index (χ3n) is 8.75. The molecule has 0 amide bonds. The monoisotopic (exact) mass is 415 g/mol. The zero-order valence-corrected chi connectivity index (χ0v) is 19.1. The molecule has 2 aliphatic carbocycles. The van der Waals surface area contributed by atoms with Gasteiger partial charge in [-0.15, -0.1) is 0 Å². The minimum absolute atomic E-state index is 0.173. The molecule has 2 bridgehead atoms. The Morgan fingerprint density at radius 1 is 1.10 bits per heavy atom. The topological polar surface area (TPSA) is 50.7 Å². The number of quaternary nitrogens is 2. The van der Waals surface area contributed by atoms with Crippen LogP contribution in [0.3, 0.4) is 0 Å². The fraction of sp³-hybridized carbons (Fsp3) is 0.720. The van der Waals surface area contributed by atoms with Crippen LogP contribution in [0.5, 0.6) is 0 Å². The second-order valence-corrected chi connectivity index (χ2v) is 10.7. The van der Waals surface area contributed by atoms with E-state index in [0.29, 0.717) is 12.0 Å². The van der Waals surface area contributed by atoms with Gasteiger partial charge < -0.3 is 19.7 Å². The van der Waals surface area contributed by atoms with E-state index in [0.717, 1.165) is 38.4 Å². The molecule has 4 rings (SSSR count). The Morgan fingerprint density at radius 2 is 1.80 bits per heavy atom. The molecule has 1 aromatic carbocycles. The zero-order valence-electron chi connectivity index (χ0n) is 19.1. The van der Waals surface area contributed by atoms with Gasteiger partial charge in [0.2, 0.25) is 0 Å². The molecule has 3 aliphatic rings. The summed E-state index contributed by atoms with van der Waals surface area (Å²) in [4.78, 5) is 8.84. The Morgan fingerprint density at radius 3 is 2.43 bits per heavy atom. The molecule has 1 heterocycles. The van der Waals surface area contributed by atoms with Crippen LogP contribution in [-0.2, 0) is 11.3 Å². The molecule has 1 aromatic rings. The van der Waals surface area contributed by atoms with Crippen LogP contribution >= 0.6 is 0 Å². The van der Waals surface area contributed by atoms with Crippen LogP contribution < -0.4 is 9.80 Å². The van der Waals surface area contributed by atoms with E-state index in [-0.39, 0.29) is 5.41 Å². The van der Waals surface area contributed by atoms with Crippen molar-refractivity contribution in [3.8, 4) is 0 Å². The lowest BCUT2D eigenvalue weighted by molar-refractivity contribution is -1.01. The van der Waals surface area contributed by atoms with E-state index in [4.69, 9.17) is 4.84 Å². The summed E-state index contributed by atoms with van der Waals surface area (Å²) in [7, 11) is 0. The average Bonchev–Trinajstić information content (AvgIpc) is 3.08. The molecular formula is C25H41N3O2+2. The number of benzene rings is 1. The molecule has 166 valence electrons. The van der Waals surface area contributed by atoms with Crippen LogP contribution in [0.15, 0.2) is 35.5 Å². The Bertz CT molecular complexity index is 727. The van der Waals surface area contributed by atoms with E-state index in [1.807, 2.05) is 0 Å². The normalized spacial score (nSPS) is 34.9. The largest absolute Gasteiger partial charge is 0.393 e. The van der Waals surface area contributed by atoms with Crippen molar-refractivity contribution in [1.29, 1.82) is 0 Å². The predicted octanol–water partition coefficient (Wildman–Crippen LogP) is 0.592. The molecular weight excluding hydrogens is 374 g/mol. The number of nitrogens with zero attached hydrogens (tertiary/aromatic N) is 1. The predicted molar refractivity (Wildman–Crippen MR) is 120 cm³/mol. The minimum Gasteiger partial charge on any atom is -0.393 e. The van der Waals surface area contributed by atoms with E-state index in [1.165, 1.54) is 48.7 Å². The fourth-order valence-electron chi connectivity index (χ4n) is 6.04. The SMILES string of the molecule is CC1(C)[C@@H]2CC[C@]1(C)/C(=N\OC[C@H](O)C[NH+]1CC[NH+](CCc3ccccc3)CC1)C2. The molecule has 30 heavy (non-hydrogen) atoms. The summed E-state index contributed by atoms with van der Waals surface area (Å²) < 4.78 is 0. The molecule has 1 aliphatic heterocycles. The summed E-state index contributed by atoms with van der Waals surface area (Å²) >= 11 is 0. The molecule has 0 unspecified atom stereocenters. The van der Waals surface area contributed by atoms with E-state index in [9.17, 15) is 5.11 Å². The highest BCUT2D eigenvalue weighted by Crippen LogP contribution is 2.63. The number of aliphatic hydroxyl groups excluding tert-OH is 1. The standard InChI is InChI=1S/C25H39N3O2/c1-24(2)21-9-11-25(24,3)23(17-21)26-30-19-22(29)18-28-15-13-27(14-16-28)12-10-20-7-5-4-6-8-20/h4-8,21-22,29H,9-19H2,1-3H3/p+2/b26-23-/t21-,22-,25-/m1/s1. The maximum Gasteiger partial charge on any atom is 0.148 e. The number of nitrogens with one attached hydrogen (secondary N) is 2. The van der Waals surface area contributed by atoms with Gasteiger partial charge in [0, 0.05) is 11.8 Å². The van der Waals surface area contributed by atoms with Crippen LogP contribution in [-0.4, -0.2) is 62.8 Å². The summed E-state index contributed by atoms with van der Waals surface area (Å²) in [5.74, 6) is 0.736. The van der Waals surface area contributed by atoms with Crippen molar-refractivity contribution in [2.75, 3.05) is 45.9 Å². The summed E-state index contributed by atoms with van der Waals surface area (Å²) in [5, 5.41) is 15.0. The van der Waals surface area contributed by atoms with E-state index in [1.54, 1.807) is 4.90 Å². The second-order valence-electron chi connectivity index (χ2n) is 10.7. The van der Waals surface area contributed by atoms with Gasteiger partial charge in [0.1, 0.15) is 45.4 Å². The number of oxime groups is 1. The summed E-state index contributed by atoms with van der Waals surface area (Å²) in [6.07, 6.45) is 4.32. The highest BCUT2D eigenvalue weighted by molar-refractivity contribution is 5.93. The molecule has 2 saturated carbocycles. The number of hydrogen-bond donors (Lipinski definition) is 3. The average molecular weight is 416 g/mol. The Balaban J connectivity index is 1.15. The number of hydrogen-bond acceptors (Lipinski definition) is 3. The van der Waals surface area contributed by atoms with Crippen molar-refractivity contribution in [1.82, 2.24) is 0 Å². The first-order valence-electron chi connectivity index (χ1n) is 12.0. The second kappa shape index (κ2) is 8.97. The minimum atomic E-state index is -0.436. The first-order chi connectivity index (χ1) is 14.4. The summed E-state index contributed by atoms with van der Waals surface area (Å²) in [6, 6.07) is 10.8. The van der Waals surface area contributed by atoms with E-state index >= 15 is 0 Å². The third kappa shape index (κ3) is 4.44. The van der Waals surface area contributed by atoms with Crippen molar-refractivity contribution < 1.29 is 19.7 Å². The lowest BCUT2D eigenvalue weighted by Crippen LogP contribution is -3.28. The first-order valence-corrected chi connectivity index (χ1v) is 12.0. The Hall–Kier alpha value is -1.43. The molecule has 3 N–H and O–H groups in total. The van der Waals surface area contributed by atoms with Gasteiger partial charge in [0.05, 0.1) is 12.3 Å². The zero-order chi connectivity index (χ0) is 21.2. The van der Waals surface area contributed by atoms with Crippen molar-refractivity contribution in [2.45, 2.75) is 52.6 Å². The Labute approximate surface area is 182 Å². The van der Waals surface area contributed by atoms with Gasteiger partial charge in [-0.05, 0) is 36.2 Å². The molecule has 0 aromatic heterocycles. The molecule has 0 spiro atoms. The maximum absolute atomic E-state index is 10.5. The molecule has 5 nitrogen and oxygen atoms in total. The number of fused-ring (bicyclic) bond motifs is 2. The van der Waals surface area contributed by atoms with Crippen molar-refractivity contribution >= 4 is 5.71 Å². The highest BCUT2D eigenvalue weighted by atomic mass is 16.6. The molecule has 0 radical (unpaired) electrons. The summed E-state index contributed by atoms with van der Waals surface area (Å²) in [6.45, 7) is 14.0. The van der Waals surface area contributed by atoms with Gasteiger partial charge >= 0.3 is 0 Å². The fourth-order valence-corrected chi connectivity index (χ4v) is 6.04. The van der Waals surface area contributed by atoms with Crippen LogP contribution in [0.2, 0.25) is 0 Å². The van der Waals surface area contributed by atoms with Gasteiger partial charge in [0.25, 0.3) is 0 Å². The van der Waals surface area contributed by atoms with Gasteiger partial charge in [-0.1, -0.05) is 56.3 Å². The van der Waals surface area contributed by atoms with Crippen LogP contribution in [0, 0.1) is 16.7 Å². The smallest absolute Gasteiger partial charge is 0.148 e. The quantitative estimate of drug-likeness (QED) is 0.545. The molecule has 1 saturated heterocycles. The lowest BCUT2D eigenvalue weighted by atomic mass is 9.70. The Kier molecular flexibility index (Phi) is 6.52. The van der Waals surface area contributed by atoms with Crippen LogP contribution in [0.25, 0.3) is 0 Å². The first kappa shape index (κ1) is 21.8. The van der Waals surface area contributed by atoms with Crippen LogP contribution in [0.1, 0.15) is 45.6 Å². The van der Waals surface area contributed by atoms with Crippen LogP contribution in [0.4, 0.5) is 0 Å². The molecule has 3 atom stereocenters. The lowest BCUT2D eigenvalue weighted by Gasteiger charge is -2.34. The van der Waals surface area contributed by atoms with E-state index < -0.39 is 6.10 Å². The van der Waals surface area contributed by atoms with Gasteiger partial charge in [-0.2, -0.15) is 0 Å². The highest BCUT2D eigenvalue weighted by Gasteiger charge is 2.60. The molecule has 3 fully saturated rings. The number of aliphatic hydroxyl groups is 1. The van der Waals surface area contributed by atoms with E-state index in [2.05, 4.69) is 56.3 Å². The van der Waals surface area contributed by atoms with Gasteiger partial charge in [0.15, 0.2) is 0 Å². The van der Waals surface area contributed by atoms with Gasteiger partial charge in [-0.3, -0.25) is 0 Å². The van der Waals surface area contributed by atoms with Crippen molar-refractivity contribution in [3.05, 3.63) is 35.9 Å². The van der Waals surface area contributed by atoms with Crippen molar-refractivity contribution in [3.63, 3.8) is 0 Å². The van der Waals surface area contributed by atoms with Crippen molar-refractivity contribution in [2.24, 2.45) is 21.9 Å². The number of piperazine rings is 1. The number of rotatable bonds is 8. The third-order valence-corrected chi connectivity index (χ3v) is 8.75. The molecule has 5 heteroatoms. The van der Waals surface area contributed by atoms with Gasteiger partial charge in [-0.25, -0.2) is 0 Å².